The molecule has 8 heteroatoms. The molecule has 1 aromatic heterocycles. The Kier molecular flexibility index (Phi) is 5.76. The van der Waals surface area contributed by atoms with Gasteiger partial charge in [0.05, 0.1) is 23.7 Å². The molecule has 0 atom stereocenters. The summed E-state index contributed by atoms with van der Waals surface area (Å²) in [4.78, 5) is 12.6. The molecule has 0 aliphatic heterocycles. The molecule has 0 aliphatic carbocycles. The molecule has 0 bridgehead atoms. The van der Waals surface area contributed by atoms with Gasteiger partial charge in [-0.1, -0.05) is 11.6 Å². The van der Waals surface area contributed by atoms with Crippen molar-refractivity contribution in [3.8, 4) is 33.9 Å². The average molecular weight is 468 g/mol. The van der Waals surface area contributed by atoms with Gasteiger partial charge in [0.15, 0.2) is 0 Å². The fraction of sp³-hybridized carbons (Fsp3) is 0.200. The Balaban J connectivity index is 2.45. The first-order valence-electron chi connectivity index (χ1n) is 8.23. The van der Waals surface area contributed by atoms with Crippen LogP contribution in [0.2, 0.25) is 5.02 Å². The van der Waals surface area contributed by atoms with E-state index in [2.05, 4.69) is 21.0 Å². The molecule has 146 valence electrons. The third kappa shape index (κ3) is 3.52. The fourth-order valence-corrected chi connectivity index (χ4v) is 3.83. The molecule has 1 heterocycles. The lowest BCUT2D eigenvalue weighted by molar-refractivity contribution is 0.393. The van der Waals surface area contributed by atoms with Gasteiger partial charge >= 0.3 is 0 Å². The van der Waals surface area contributed by atoms with Gasteiger partial charge in [0.1, 0.15) is 23.0 Å². The number of rotatable bonds is 4. The zero-order valence-corrected chi connectivity index (χ0v) is 18.0. The predicted molar refractivity (Wildman–Crippen MR) is 111 cm³/mol. The van der Waals surface area contributed by atoms with Crippen LogP contribution in [-0.2, 0) is 7.05 Å². The summed E-state index contributed by atoms with van der Waals surface area (Å²) in [6.07, 6.45) is 0. The van der Waals surface area contributed by atoms with Crippen LogP contribution in [-0.4, -0.2) is 24.0 Å². The number of hydrogen-bond acceptors (Lipinski definition) is 4. The van der Waals surface area contributed by atoms with Gasteiger partial charge in [-0.05, 0) is 47.1 Å². The van der Waals surface area contributed by atoms with Crippen LogP contribution in [0.15, 0.2) is 39.6 Å². The fourth-order valence-electron chi connectivity index (χ4n) is 2.99. The van der Waals surface area contributed by atoms with Gasteiger partial charge in [-0.2, -0.15) is 5.10 Å². The molecule has 0 spiro atoms. The maximum Gasteiger partial charge on any atom is 0.270 e. The van der Waals surface area contributed by atoms with Gasteiger partial charge in [0, 0.05) is 35.4 Å². The number of aryl methyl sites for hydroxylation is 1. The molecule has 0 amide bonds. The molecule has 2 aromatic carbocycles. The van der Waals surface area contributed by atoms with Crippen LogP contribution in [0.3, 0.4) is 0 Å². The number of halogens is 3. The standard InChI is InChI=1S/C20H17BrClFN2O3/c1-10-17(13-6-5-11(23)7-15(13)22)19(24-25(2)20(10)26)14-8-12(27-3)9-16(28-4)18(14)21/h5-9H,1-4H3. The minimum atomic E-state index is -0.464. The van der Waals surface area contributed by atoms with E-state index >= 15 is 0 Å². The quantitative estimate of drug-likeness (QED) is 0.542. The van der Waals surface area contributed by atoms with Crippen molar-refractivity contribution in [2.75, 3.05) is 14.2 Å². The monoisotopic (exact) mass is 466 g/mol. The molecular formula is C20H17BrClFN2O3. The summed E-state index contributed by atoms with van der Waals surface area (Å²) in [6, 6.07) is 7.55. The van der Waals surface area contributed by atoms with Crippen LogP contribution in [0, 0.1) is 12.7 Å². The van der Waals surface area contributed by atoms with Crippen LogP contribution in [0.1, 0.15) is 5.56 Å². The van der Waals surface area contributed by atoms with E-state index in [0.717, 1.165) is 0 Å². The lowest BCUT2D eigenvalue weighted by atomic mass is 9.95. The number of methoxy groups -OCH3 is 2. The van der Waals surface area contributed by atoms with Crippen molar-refractivity contribution in [3.05, 3.63) is 61.6 Å². The minimum absolute atomic E-state index is 0.186. The molecule has 0 unspecified atom stereocenters. The van der Waals surface area contributed by atoms with E-state index in [0.29, 0.717) is 43.9 Å². The van der Waals surface area contributed by atoms with E-state index in [9.17, 15) is 9.18 Å². The molecular weight excluding hydrogens is 451 g/mol. The Morgan fingerprint density at radius 2 is 1.86 bits per heavy atom. The summed E-state index contributed by atoms with van der Waals surface area (Å²) in [5.41, 5.74) is 2.32. The molecule has 0 N–H and O–H groups in total. The molecule has 0 fully saturated rings. The van der Waals surface area contributed by atoms with Gasteiger partial charge < -0.3 is 9.47 Å². The van der Waals surface area contributed by atoms with Crippen molar-refractivity contribution in [1.29, 1.82) is 0 Å². The lowest BCUT2D eigenvalue weighted by Gasteiger charge is -2.17. The number of ether oxygens (including phenoxy) is 2. The molecule has 0 saturated carbocycles. The van der Waals surface area contributed by atoms with E-state index in [4.69, 9.17) is 21.1 Å². The maximum atomic E-state index is 13.6. The zero-order chi connectivity index (χ0) is 20.6. The molecule has 3 rings (SSSR count). The second-order valence-corrected chi connectivity index (χ2v) is 7.29. The summed E-state index contributed by atoms with van der Waals surface area (Å²) in [5, 5.41) is 4.65. The Morgan fingerprint density at radius 1 is 1.14 bits per heavy atom. The summed E-state index contributed by atoms with van der Waals surface area (Å²) in [7, 11) is 4.66. The number of nitrogens with zero attached hydrogens (tertiary/aromatic N) is 2. The van der Waals surface area contributed by atoms with Crippen LogP contribution < -0.4 is 15.0 Å². The van der Waals surface area contributed by atoms with E-state index in [1.807, 2.05) is 0 Å². The van der Waals surface area contributed by atoms with Gasteiger partial charge in [0.25, 0.3) is 5.56 Å². The highest BCUT2D eigenvalue weighted by molar-refractivity contribution is 9.10. The first-order valence-corrected chi connectivity index (χ1v) is 9.40. The third-order valence-corrected chi connectivity index (χ3v) is 5.53. The zero-order valence-electron chi connectivity index (χ0n) is 15.6. The number of aromatic nitrogens is 2. The molecule has 5 nitrogen and oxygen atoms in total. The second-order valence-electron chi connectivity index (χ2n) is 6.09. The van der Waals surface area contributed by atoms with Crippen molar-refractivity contribution in [3.63, 3.8) is 0 Å². The Hall–Kier alpha value is -2.38. The van der Waals surface area contributed by atoms with Gasteiger partial charge in [-0.3, -0.25) is 4.79 Å². The Bertz CT molecular complexity index is 1130. The van der Waals surface area contributed by atoms with Crippen molar-refractivity contribution in [2.24, 2.45) is 7.05 Å². The topological polar surface area (TPSA) is 53.4 Å². The lowest BCUT2D eigenvalue weighted by Crippen LogP contribution is -2.23. The van der Waals surface area contributed by atoms with E-state index in [1.54, 1.807) is 40.3 Å². The Morgan fingerprint density at radius 3 is 2.46 bits per heavy atom. The van der Waals surface area contributed by atoms with Crippen molar-refractivity contribution >= 4 is 27.5 Å². The Labute approximate surface area is 174 Å². The van der Waals surface area contributed by atoms with Gasteiger partial charge in [0.2, 0.25) is 0 Å². The minimum Gasteiger partial charge on any atom is -0.497 e. The normalized spacial score (nSPS) is 10.8. The number of benzene rings is 2. The van der Waals surface area contributed by atoms with Crippen LogP contribution in [0.25, 0.3) is 22.4 Å². The summed E-state index contributed by atoms with van der Waals surface area (Å²) in [6.45, 7) is 1.69. The molecule has 0 saturated heterocycles. The molecule has 28 heavy (non-hydrogen) atoms. The summed E-state index contributed by atoms with van der Waals surface area (Å²) < 4.78 is 26.3. The summed E-state index contributed by atoms with van der Waals surface area (Å²) in [5.74, 6) is 0.632. The predicted octanol–water partition coefficient (Wildman–Crippen LogP) is 4.99. The summed E-state index contributed by atoms with van der Waals surface area (Å²) >= 11 is 9.85. The van der Waals surface area contributed by atoms with E-state index in [-0.39, 0.29) is 10.6 Å². The van der Waals surface area contributed by atoms with Gasteiger partial charge in [-0.15, -0.1) is 0 Å². The average Bonchev–Trinajstić information content (AvgIpc) is 2.67. The van der Waals surface area contributed by atoms with Crippen molar-refractivity contribution < 1.29 is 13.9 Å². The first kappa shape index (κ1) is 20.4. The number of hydrogen-bond donors (Lipinski definition) is 0. The molecule has 3 aromatic rings. The molecule has 0 radical (unpaired) electrons. The maximum absolute atomic E-state index is 13.6. The second kappa shape index (κ2) is 7.93. The highest BCUT2D eigenvalue weighted by atomic mass is 79.9. The van der Waals surface area contributed by atoms with Gasteiger partial charge in [-0.25, -0.2) is 9.07 Å². The highest BCUT2D eigenvalue weighted by Crippen LogP contribution is 2.43. The largest absolute Gasteiger partial charge is 0.497 e. The van der Waals surface area contributed by atoms with Crippen molar-refractivity contribution in [2.45, 2.75) is 6.92 Å². The highest BCUT2D eigenvalue weighted by Gasteiger charge is 2.22. The SMILES string of the molecule is COc1cc(OC)c(Br)c(-c2nn(C)c(=O)c(C)c2-c2ccc(F)cc2Cl)c1. The van der Waals surface area contributed by atoms with Crippen LogP contribution >= 0.6 is 27.5 Å². The van der Waals surface area contributed by atoms with Crippen LogP contribution in [0.4, 0.5) is 4.39 Å². The van der Waals surface area contributed by atoms with E-state index < -0.39 is 5.82 Å². The first-order chi connectivity index (χ1) is 13.3. The van der Waals surface area contributed by atoms with Crippen LogP contribution in [0.5, 0.6) is 11.5 Å². The smallest absolute Gasteiger partial charge is 0.270 e. The molecule has 0 aliphatic rings. The van der Waals surface area contributed by atoms with E-state index in [1.165, 1.54) is 22.9 Å². The third-order valence-electron chi connectivity index (χ3n) is 4.40. The van der Waals surface area contributed by atoms with Crippen molar-refractivity contribution in [1.82, 2.24) is 9.78 Å².